The van der Waals surface area contributed by atoms with Crippen LogP contribution in [-0.4, -0.2) is 12.6 Å². The van der Waals surface area contributed by atoms with Gasteiger partial charge in [0.05, 0.1) is 0 Å². The number of hydrogen-bond donors (Lipinski definition) is 1. The van der Waals surface area contributed by atoms with Crippen molar-refractivity contribution in [1.29, 1.82) is 0 Å². The third-order valence-electron chi connectivity index (χ3n) is 2.65. The number of nitrogens with one attached hydrogen (secondary N) is 1. The van der Waals surface area contributed by atoms with Crippen LogP contribution >= 0.6 is 0 Å². The number of ether oxygens (including phenoxy) is 1. The minimum atomic E-state index is -0.385. The second-order valence-corrected chi connectivity index (χ2v) is 4.37. The Hall–Kier alpha value is -2.03. The fourth-order valence-corrected chi connectivity index (χ4v) is 1.59. The third-order valence-corrected chi connectivity index (χ3v) is 2.65. The van der Waals surface area contributed by atoms with Gasteiger partial charge in [0.1, 0.15) is 6.61 Å². The number of unbranched alkanes of at least 4 members (excludes halogenated alkanes) is 1. The molecule has 0 saturated heterocycles. The zero-order valence-corrected chi connectivity index (χ0v) is 12.0. The predicted octanol–water partition coefficient (Wildman–Crippen LogP) is 4.22. The summed E-state index contributed by atoms with van der Waals surface area (Å²) >= 11 is 0. The predicted molar refractivity (Wildman–Crippen MR) is 82.4 cm³/mol. The number of carbonyl (C=O) groups excluding carboxylic acids is 1. The standard InChI is InChI=1S/C17H23NO2/c1-2-3-4-5-6-7-11-14-18-17(19)20-15-16-12-9-8-10-13-16/h3-4,7-13H,2,5-6,14-15H2,1H3,(H,18,19). The Kier molecular flexibility index (Phi) is 8.70. The minimum absolute atomic E-state index is 0.304. The Morgan fingerprint density at radius 2 is 1.80 bits per heavy atom. The molecule has 0 saturated carbocycles. The van der Waals surface area contributed by atoms with Gasteiger partial charge in [-0.05, 0) is 24.8 Å². The highest BCUT2D eigenvalue weighted by Gasteiger charge is 1.99. The van der Waals surface area contributed by atoms with E-state index in [-0.39, 0.29) is 6.09 Å². The van der Waals surface area contributed by atoms with Crippen molar-refractivity contribution >= 4 is 6.09 Å². The van der Waals surface area contributed by atoms with Crippen molar-refractivity contribution in [2.24, 2.45) is 0 Å². The molecule has 0 aliphatic heterocycles. The van der Waals surface area contributed by atoms with Crippen LogP contribution in [0.4, 0.5) is 4.79 Å². The average molecular weight is 273 g/mol. The lowest BCUT2D eigenvalue weighted by molar-refractivity contribution is 0.140. The van der Waals surface area contributed by atoms with Crippen LogP contribution in [0.5, 0.6) is 0 Å². The normalized spacial score (nSPS) is 11.1. The SMILES string of the molecule is CCC=CCCC=CCNC(=O)OCc1ccccc1. The van der Waals surface area contributed by atoms with Gasteiger partial charge in [-0.25, -0.2) is 4.79 Å². The lowest BCUT2D eigenvalue weighted by Gasteiger charge is -2.05. The first-order valence-corrected chi connectivity index (χ1v) is 7.07. The van der Waals surface area contributed by atoms with Gasteiger partial charge in [-0.1, -0.05) is 61.6 Å². The van der Waals surface area contributed by atoms with E-state index >= 15 is 0 Å². The molecule has 0 bridgehead atoms. The van der Waals surface area contributed by atoms with Gasteiger partial charge < -0.3 is 10.1 Å². The van der Waals surface area contributed by atoms with E-state index in [0.717, 1.165) is 24.8 Å². The van der Waals surface area contributed by atoms with Crippen molar-refractivity contribution in [3.63, 3.8) is 0 Å². The number of amides is 1. The fraction of sp³-hybridized carbons (Fsp3) is 0.353. The number of alkyl carbamates (subject to hydrolysis) is 1. The molecule has 0 aliphatic carbocycles. The summed E-state index contributed by atoms with van der Waals surface area (Å²) in [6, 6.07) is 9.64. The summed E-state index contributed by atoms with van der Waals surface area (Å²) in [5.74, 6) is 0. The molecule has 1 aromatic rings. The van der Waals surface area contributed by atoms with E-state index in [2.05, 4.69) is 30.5 Å². The molecule has 3 nitrogen and oxygen atoms in total. The van der Waals surface area contributed by atoms with Gasteiger partial charge in [-0.15, -0.1) is 0 Å². The number of allylic oxidation sites excluding steroid dienone is 3. The first-order valence-electron chi connectivity index (χ1n) is 7.07. The molecule has 0 atom stereocenters. The monoisotopic (exact) mass is 273 g/mol. The van der Waals surface area contributed by atoms with Crippen LogP contribution in [0.3, 0.4) is 0 Å². The van der Waals surface area contributed by atoms with E-state index in [1.807, 2.05) is 36.4 Å². The smallest absolute Gasteiger partial charge is 0.407 e. The van der Waals surface area contributed by atoms with Crippen LogP contribution < -0.4 is 5.32 Å². The van der Waals surface area contributed by atoms with Crippen molar-refractivity contribution in [1.82, 2.24) is 5.32 Å². The molecule has 1 aromatic carbocycles. The summed E-state index contributed by atoms with van der Waals surface area (Å²) in [6.07, 6.45) is 11.1. The molecular weight excluding hydrogens is 250 g/mol. The van der Waals surface area contributed by atoms with Crippen molar-refractivity contribution in [2.75, 3.05) is 6.54 Å². The molecule has 108 valence electrons. The molecule has 1 rings (SSSR count). The van der Waals surface area contributed by atoms with Gasteiger partial charge in [0, 0.05) is 6.54 Å². The van der Waals surface area contributed by atoms with E-state index in [0.29, 0.717) is 13.2 Å². The van der Waals surface area contributed by atoms with E-state index in [1.165, 1.54) is 0 Å². The summed E-state index contributed by atoms with van der Waals surface area (Å²) in [5, 5.41) is 2.69. The van der Waals surface area contributed by atoms with Crippen LogP contribution in [0.2, 0.25) is 0 Å². The van der Waals surface area contributed by atoms with Gasteiger partial charge >= 0.3 is 6.09 Å². The van der Waals surface area contributed by atoms with E-state index in [4.69, 9.17) is 4.74 Å². The van der Waals surface area contributed by atoms with Gasteiger partial charge in [0.25, 0.3) is 0 Å². The molecule has 1 amide bonds. The molecule has 0 unspecified atom stereocenters. The fourth-order valence-electron chi connectivity index (χ4n) is 1.59. The number of benzene rings is 1. The van der Waals surface area contributed by atoms with E-state index in [1.54, 1.807) is 0 Å². The van der Waals surface area contributed by atoms with E-state index in [9.17, 15) is 4.79 Å². The molecule has 0 spiro atoms. The lowest BCUT2D eigenvalue weighted by atomic mass is 10.2. The van der Waals surface area contributed by atoms with Crippen LogP contribution in [0.15, 0.2) is 54.6 Å². The van der Waals surface area contributed by atoms with Crippen LogP contribution in [-0.2, 0) is 11.3 Å². The maximum absolute atomic E-state index is 11.4. The zero-order chi connectivity index (χ0) is 14.5. The van der Waals surface area contributed by atoms with E-state index < -0.39 is 0 Å². The molecule has 0 heterocycles. The summed E-state index contributed by atoms with van der Waals surface area (Å²) in [5.41, 5.74) is 0.987. The van der Waals surface area contributed by atoms with Crippen LogP contribution in [0.25, 0.3) is 0 Å². The molecule has 0 aromatic heterocycles. The molecule has 1 N–H and O–H groups in total. The summed E-state index contributed by atoms with van der Waals surface area (Å²) < 4.78 is 5.09. The first kappa shape index (κ1) is 16.0. The molecular formula is C17H23NO2. The lowest BCUT2D eigenvalue weighted by Crippen LogP contribution is -2.24. The highest BCUT2D eigenvalue weighted by Crippen LogP contribution is 2.00. The molecule has 0 aliphatic rings. The van der Waals surface area contributed by atoms with Gasteiger partial charge in [-0.2, -0.15) is 0 Å². The van der Waals surface area contributed by atoms with Gasteiger partial charge in [0.2, 0.25) is 0 Å². The van der Waals surface area contributed by atoms with Crippen molar-refractivity contribution in [2.45, 2.75) is 32.8 Å². The van der Waals surface area contributed by atoms with Gasteiger partial charge in [0.15, 0.2) is 0 Å². The zero-order valence-electron chi connectivity index (χ0n) is 12.0. The second kappa shape index (κ2) is 10.9. The maximum atomic E-state index is 11.4. The second-order valence-electron chi connectivity index (χ2n) is 4.37. The molecule has 3 heteroatoms. The van der Waals surface area contributed by atoms with Crippen LogP contribution in [0, 0.1) is 0 Å². The topological polar surface area (TPSA) is 38.3 Å². The summed E-state index contributed by atoms with van der Waals surface area (Å²) in [6.45, 7) is 2.93. The Balaban J connectivity index is 2.05. The largest absolute Gasteiger partial charge is 0.445 e. The highest BCUT2D eigenvalue weighted by atomic mass is 16.5. The van der Waals surface area contributed by atoms with Crippen LogP contribution in [0.1, 0.15) is 31.7 Å². The highest BCUT2D eigenvalue weighted by molar-refractivity contribution is 5.67. The van der Waals surface area contributed by atoms with Crippen molar-refractivity contribution < 1.29 is 9.53 Å². The van der Waals surface area contributed by atoms with Crippen molar-refractivity contribution in [3.05, 3.63) is 60.2 Å². The first-order chi connectivity index (χ1) is 9.83. The molecule has 0 fully saturated rings. The Labute approximate surface area is 121 Å². The Morgan fingerprint density at radius 1 is 1.10 bits per heavy atom. The Bertz CT molecular complexity index is 424. The third kappa shape index (κ3) is 8.14. The quantitative estimate of drug-likeness (QED) is 0.569. The number of hydrogen-bond acceptors (Lipinski definition) is 2. The number of carbonyl (C=O) groups is 1. The Morgan fingerprint density at radius 3 is 2.50 bits per heavy atom. The summed E-state index contributed by atoms with van der Waals surface area (Å²) in [7, 11) is 0. The molecule has 20 heavy (non-hydrogen) atoms. The maximum Gasteiger partial charge on any atom is 0.407 e. The molecule has 0 radical (unpaired) electrons. The van der Waals surface area contributed by atoms with Crippen molar-refractivity contribution in [3.8, 4) is 0 Å². The summed E-state index contributed by atoms with van der Waals surface area (Å²) in [4.78, 5) is 11.4. The number of rotatable bonds is 8. The average Bonchev–Trinajstić information content (AvgIpc) is 2.49. The minimum Gasteiger partial charge on any atom is -0.445 e. The van der Waals surface area contributed by atoms with Gasteiger partial charge in [-0.3, -0.25) is 0 Å².